The van der Waals surface area contributed by atoms with E-state index in [1.165, 1.54) is 4.68 Å². The number of rotatable bonds is 5. The molecule has 0 fully saturated rings. The quantitative estimate of drug-likeness (QED) is 0.666. The van der Waals surface area contributed by atoms with Gasteiger partial charge in [0.25, 0.3) is 0 Å². The van der Waals surface area contributed by atoms with Crippen molar-refractivity contribution < 1.29 is 9.66 Å². The molecule has 1 aromatic carbocycles. The Morgan fingerprint density at radius 1 is 1.50 bits per heavy atom. The van der Waals surface area contributed by atoms with Crippen molar-refractivity contribution in [2.24, 2.45) is 0 Å². The van der Waals surface area contributed by atoms with Gasteiger partial charge in [0.15, 0.2) is 0 Å². The Morgan fingerprint density at radius 2 is 2.25 bits per heavy atom. The van der Waals surface area contributed by atoms with Crippen molar-refractivity contribution in [2.75, 3.05) is 12.3 Å². The lowest BCUT2D eigenvalue weighted by Gasteiger charge is -2.07. The molecule has 0 aliphatic carbocycles. The second kappa shape index (κ2) is 5.60. The average Bonchev–Trinajstić information content (AvgIpc) is 2.65. The number of hydrogen-bond acceptors (Lipinski definition) is 5. The Bertz CT molecular complexity index is 637. The molecule has 0 saturated heterocycles. The highest BCUT2D eigenvalue weighted by Crippen LogP contribution is 2.26. The highest BCUT2D eigenvalue weighted by Gasteiger charge is 2.22. The van der Waals surface area contributed by atoms with E-state index in [4.69, 9.17) is 10.5 Å². The van der Waals surface area contributed by atoms with Gasteiger partial charge in [0.05, 0.1) is 18.1 Å². The highest BCUT2D eigenvalue weighted by molar-refractivity contribution is 5.56. The van der Waals surface area contributed by atoms with Gasteiger partial charge in [-0.25, -0.2) is 4.68 Å². The lowest BCUT2D eigenvalue weighted by atomic mass is 10.2. The van der Waals surface area contributed by atoms with Gasteiger partial charge in [-0.15, -0.1) is 0 Å². The molecular weight excluding hydrogens is 260 g/mol. The van der Waals surface area contributed by atoms with E-state index in [9.17, 15) is 10.1 Å². The van der Waals surface area contributed by atoms with Crippen molar-refractivity contribution in [2.45, 2.75) is 20.4 Å². The number of nitrogen functional groups attached to an aromatic ring is 1. The van der Waals surface area contributed by atoms with Crippen LogP contribution in [0.3, 0.4) is 0 Å². The van der Waals surface area contributed by atoms with E-state index in [1.807, 2.05) is 31.2 Å². The van der Waals surface area contributed by atoms with Crippen LogP contribution in [0.2, 0.25) is 0 Å². The minimum Gasteiger partial charge on any atom is -0.494 e. The summed E-state index contributed by atoms with van der Waals surface area (Å²) in [6.07, 6.45) is 0. The Kier molecular flexibility index (Phi) is 3.88. The molecular formula is C13H16N4O3. The SMILES string of the molecule is CCOc1cccc(Cn2nc(C)c([N+](=O)[O-])c2N)c1. The number of benzene rings is 1. The number of ether oxygens (including phenoxy) is 1. The zero-order valence-electron chi connectivity index (χ0n) is 11.4. The van der Waals surface area contributed by atoms with E-state index in [0.29, 0.717) is 18.8 Å². The molecule has 2 aromatic rings. The molecule has 0 aliphatic heterocycles. The van der Waals surface area contributed by atoms with Crippen LogP contribution >= 0.6 is 0 Å². The standard InChI is InChI=1S/C13H16N4O3/c1-3-20-11-6-4-5-10(7-11)8-16-13(14)12(17(18)19)9(2)15-16/h4-7H,3,8,14H2,1-2H3. The Balaban J connectivity index is 2.28. The summed E-state index contributed by atoms with van der Waals surface area (Å²) in [4.78, 5) is 10.4. The van der Waals surface area contributed by atoms with Gasteiger partial charge in [-0.3, -0.25) is 10.1 Å². The van der Waals surface area contributed by atoms with Gasteiger partial charge in [-0.2, -0.15) is 5.10 Å². The molecule has 2 N–H and O–H groups in total. The number of aromatic nitrogens is 2. The average molecular weight is 276 g/mol. The lowest BCUT2D eigenvalue weighted by Crippen LogP contribution is -2.07. The first-order valence-electron chi connectivity index (χ1n) is 6.22. The summed E-state index contributed by atoms with van der Waals surface area (Å²) < 4.78 is 6.84. The van der Waals surface area contributed by atoms with Crippen LogP contribution in [0.25, 0.3) is 0 Å². The largest absolute Gasteiger partial charge is 0.494 e. The number of nitrogens with zero attached hydrogens (tertiary/aromatic N) is 3. The molecule has 7 nitrogen and oxygen atoms in total. The predicted molar refractivity (Wildman–Crippen MR) is 74.7 cm³/mol. The summed E-state index contributed by atoms with van der Waals surface area (Å²) in [6, 6.07) is 7.48. The predicted octanol–water partition coefficient (Wildman–Crippen LogP) is 2.13. The van der Waals surface area contributed by atoms with E-state index < -0.39 is 4.92 Å². The minimum atomic E-state index is -0.509. The van der Waals surface area contributed by atoms with Crippen molar-refractivity contribution >= 4 is 11.5 Å². The molecule has 0 amide bonds. The zero-order chi connectivity index (χ0) is 14.7. The first kappa shape index (κ1) is 13.9. The fourth-order valence-corrected chi connectivity index (χ4v) is 2.01. The molecule has 0 radical (unpaired) electrons. The second-order valence-corrected chi connectivity index (χ2v) is 4.31. The fourth-order valence-electron chi connectivity index (χ4n) is 2.01. The molecule has 0 atom stereocenters. The maximum Gasteiger partial charge on any atom is 0.333 e. The van der Waals surface area contributed by atoms with Gasteiger partial charge in [-0.05, 0) is 31.5 Å². The Morgan fingerprint density at radius 3 is 2.85 bits per heavy atom. The van der Waals surface area contributed by atoms with Crippen LogP contribution in [0.15, 0.2) is 24.3 Å². The van der Waals surface area contributed by atoms with Crippen LogP contribution in [0.1, 0.15) is 18.2 Å². The molecule has 0 spiro atoms. The third-order valence-electron chi connectivity index (χ3n) is 2.86. The van der Waals surface area contributed by atoms with E-state index >= 15 is 0 Å². The van der Waals surface area contributed by atoms with Gasteiger partial charge in [-0.1, -0.05) is 12.1 Å². The van der Waals surface area contributed by atoms with Crippen molar-refractivity contribution in [1.82, 2.24) is 9.78 Å². The number of hydrogen-bond donors (Lipinski definition) is 1. The van der Waals surface area contributed by atoms with Gasteiger partial charge in [0.1, 0.15) is 11.4 Å². The molecule has 0 aliphatic rings. The van der Waals surface area contributed by atoms with Crippen molar-refractivity contribution in [3.63, 3.8) is 0 Å². The smallest absolute Gasteiger partial charge is 0.333 e. The maximum absolute atomic E-state index is 10.9. The molecule has 1 aromatic heterocycles. The van der Waals surface area contributed by atoms with Crippen LogP contribution in [0, 0.1) is 17.0 Å². The molecule has 0 unspecified atom stereocenters. The first-order valence-corrected chi connectivity index (χ1v) is 6.22. The normalized spacial score (nSPS) is 10.5. The third-order valence-corrected chi connectivity index (χ3v) is 2.86. The third kappa shape index (κ3) is 2.71. The summed E-state index contributed by atoms with van der Waals surface area (Å²) in [5.41, 5.74) is 6.87. The molecule has 7 heteroatoms. The van der Waals surface area contributed by atoms with Crippen LogP contribution in [-0.2, 0) is 6.54 Å². The van der Waals surface area contributed by atoms with Gasteiger partial charge < -0.3 is 10.5 Å². The van der Waals surface area contributed by atoms with Crippen LogP contribution in [-0.4, -0.2) is 21.3 Å². The number of nitro groups is 1. The fraction of sp³-hybridized carbons (Fsp3) is 0.308. The highest BCUT2D eigenvalue weighted by atomic mass is 16.6. The molecule has 1 heterocycles. The molecule has 106 valence electrons. The zero-order valence-corrected chi connectivity index (χ0v) is 11.4. The van der Waals surface area contributed by atoms with Crippen molar-refractivity contribution in [3.8, 4) is 5.75 Å². The van der Waals surface area contributed by atoms with Crippen molar-refractivity contribution in [1.29, 1.82) is 0 Å². The topological polar surface area (TPSA) is 96.2 Å². The minimum absolute atomic E-state index is 0.0642. The van der Waals surface area contributed by atoms with Gasteiger partial charge >= 0.3 is 5.69 Å². The summed E-state index contributed by atoms with van der Waals surface area (Å²) in [7, 11) is 0. The molecule has 0 bridgehead atoms. The van der Waals surface area contributed by atoms with E-state index in [-0.39, 0.29) is 11.5 Å². The maximum atomic E-state index is 10.9. The number of anilines is 1. The van der Waals surface area contributed by atoms with Gasteiger partial charge in [0, 0.05) is 0 Å². The monoisotopic (exact) mass is 276 g/mol. The summed E-state index contributed by atoms with van der Waals surface area (Å²) >= 11 is 0. The van der Waals surface area contributed by atoms with Crippen molar-refractivity contribution in [3.05, 3.63) is 45.6 Å². The summed E-state index contributed by atoms with van der Waals surface area (Å²) in [5.74, 6) is 0.816. The molecule has 0 saturated carbocycles. The van der Waals surface area contributed by atoms with Crippen LogP contribution < -0.4 is 10.5 Å². The number of aryl methyl sites for hydroxylation is 1. The number of nitrogens with two attached hydrogens (primary N) is 1. The first-order chi connectivity index (χ1) is 9.52. The van der Waals surface area contributed by atoms with E-state index in [2.05, 4.69) is 5.10 Å². The van der Waals surface area contributed by atoms with Crippen LogP contribution in [0.5, 0.6) is 5.75 Å². The summed E-state index contributed by atoms with van der Waals surface area (Å²) in [5, 5.41) is 15.0. The Hall–Kier alpha value is -2.57. The summed E-state index contributed by atoms with van der Waals surface area (Å²) in [6.45, 7) is 4.42. The van der Waals surface area contributed by atoms with E-state index in [1.54, 1.807) is 6.92 Å². The lowest BCUT2D eigenvalue weighted by molar-refractivity contribution is -0.384. The van der Waals surface area contributed by atoms with Crippen LogP contribution in [0.4, 0.5) is 11.5 Å². The van der Waals surface area contributed by atoms with E-state index in [0.717, 1.165) is 11.3 Å². The Labute approximate surface area is 116 Å². The molecule has 20 heavy (non-hydrogen) atoms. The van der Waals surface area contributed by atoms with Gasteiger partial charge in [0.2, 0.25) is 5.82 Å². The second-order valence-electron chi connectivity index (χ2n) is 4.31. The molecule has 2 rings (SSSR count).